The number of hydrogen-bond donors (Lipinski definition) is 1. The quantitative estimate of drug-likeness (QED) is 0.256. The molecule has 1 N–H and O–H groups in total. The van der Waals surface area contributed by atoms with Crippen LogP contribution in [0, 0.1) is 25.7 Å². The number of aliphatic hydroxyl groups excluding tert-OH is 1. The molecule has 0 aromatic heterocycles. The van der Waals surface area contributed by atoms with Crippen LogP contribution in [0.15, 0.2) is 43.5 Å². The van der Waals surface area contributed by atoms with E-state index in [0.717, 1.165) is 16.8 Å². The number of nitrogens with zero attached hydrogens (tertiary/aromatic N) is 2. The number of carbonyl (C=O) groups is 3. The van der Waals surface area contributed by atoms with Gasteiger partial charge in [-0.3, -0.25) is 14.4 Å². The van der Waals surface area contributed by atoms with Gasteiger partial charge in [0.15, 0.2) is 0 Å². The Hall–Kier alpha value is -2.97. The van der Waals surface area contributed by atoms with E-state index in [0.29, 0.717) is 38.6 Å². The summed E-state index contributed by atoms with van der Waals surface area (Å²) in [6.45, 7) is 14.1. The third-order valence-corrected chi connectivity index (χ3v) is 8.37. The van der Waals surface area contributed by atoms with Gasteiger partial charge in [-0.15, -0.1) is 13.2 Å². The predicted molar refractivity (Wildman–Crippen MR) is 144 cm³/mol. The van der Waals surface area contributed by atoms with Crippen LogP contribution in [0.5, 0.6) is 0 Å². The molecule has 0 aliphatic carbocycles. The molecule has 1 spiro atoms. The van der Waals surface area contributed by atoms with Crippen molar-refractivity contribution >= 4 is 23.5 Å². The van der Waals surface area contributed by atoms with Crippen molar-refractivity contribution < 1.29 is 29.0 Å². The SMILES string of the molecule is C=CCCOC(=O)[C@@H]1[C@H]2C(=O)N(CCCCO)C(C(=O)N(CC=C)c3cc(C)ccc3C)C23CC[C@@]1(C)O3. The Labute approximate surface area is 225 Å². The topological polar surface area (TPSA) is 96.4 Å². The first-order valence-electron chi connectivity index (χ1n) is 13.5. The molecule has 1 aromatic carbocycles. The summed E-state index contributed by atoms with van der Waals surface area (Å²) in [5.41, 5.74) is 0.698. The highest BCUT2D eigenvalue weighted by Crippen LogP contribution is 2.63. The zero-order chi connectivity index (χ0) is 27.7. The van der Waals surface area contributed by atoms with Crippen molar-refractivity contribution in [2.24, 2.45) is 11.8 Å². The van der Waals surface area contributed by atoms with Gasteiger partial charge in [0.25, 0.3) is 5.91 Å². The molecule has 206 valence electrons. The van der Waals surface area contributed by atoms with Gasteiger partial charge in [-0.2, -0.15) is 0 Å². The number of esters is 1. The van der Waals surface area contributed by atoms with Gasteiger partial charge in [-0.25, -0.2) is 0 Å². The standard InChI is InChI=1S/C30H40N2O6/c1-6-8-18-37-28(36)24-23-26(34)32(16-9-10-17-33)25(30(23)14-13-29(24,5)38-30)27(35)31(15-7-2)22-19-20(3)11-12-21(22)4/h6-7,11-12,19,23-25,33H,1-2,8-10,13-18H2,3-5H3/t23-,24-,25?,29+,30?/m0/s1. The number of anilines is 1. The average molecular weight is 525 g/mol. The first-order valence-corrected chi connectivity index (χ1v) is 13.5. The molecule has 5 atom stereocenters. The summed E-state index contributed by atoms with van der Waals surface area (Å²) in [7, 11) is 0. The highest BCUT2D eigenvalue weighted by Gasteiger charge is 2.78. The number of rotatable bonds is 12. The molecular formula is C30H40N2O6. The van der Waals surface area contributed by atoms with Gasteiger partial charge in [0.2, 0.25) is 5.91 Å². The fourth-order valence-electron chi connectivity index (χ4n) is 6.62. The Morgan fingerprint density at radius 3 is 2.68 bits per heavy atom. The minimum Gasteiger partial charge on any atom is -0.465 e. The fourth-order valence-corrected chi connectivity index (χ4v) is 6.62. The molecule has 8 heteroatoms. The zero-order valence-electron chi connectivity index (χ0n) is 22.8. The first kappa shape index (κ1) is 28.0. The van der Waals surface area contributed by atoms with Gasteiger partial charge in [0.05, 0.1) is 18.1 Å². The van der Waals surface area contributed by atoms with E-state index in [1.807, 2.05) is 39.0 Å². The second-order valence-electron chi connectivity index (χ2n) is 11.0. The Morgan fingerprint density at radius 1 is 1.24 bits per heavy atom. The summed E-state index contributed by atoms with van der Waals surface area (Å²) in [6.07, 6.45) is 5.95. The molecule has 2 unspecified atom stereocenters. The van der Waals surface area contributed by atoms with Crippen molar-refractivity contribution in [3.63, 3.8) is 0 Å². The Kier molecular flexibility index (Phi) is 8.14. The Balaban J connectivity index is 1.77. The maximum absolute atomic E-state index is 14.5. The lowest BCUT2D eigenvalue weighted by atomic mass is 9.66. The lowest BCUT2D eigenvalue weighted by Crippen LogP contribution is -2.56. The number of aryl methyl sites for hydroxylation is 2. The van der Waals surface area contributed by atoms with Crippen LogP contribution in [0.2, 0.25) is 0 Å². The highest BCUT2D eigenvalue weighted by molar-refractivity contribution is 6.05. The maximum Gasteiger partial charge on any atom is 0.312 e. The van der Waals surface area contributed by atoms with Crippen molar-refractivity contribution in [2.75, 3.05) is 31.2 Å². The molecule has 3 saturated heterocycles. The van der Waals surface area contributed by atoms with Crippen LogP contribution >= 0.6 is 0 Å². The van der Waals surface area contributed by atoms with Crippen LogP contribution < -0.4 is 4.90 Å². The van der Waals surface area contributed by atoms with Gasteiger partial charge in [0, 0.05) is 25.4 Å². The highest BCUT2D eigenvalue weighted by atomic mass is 16.6. The van der Waals surface area contributed by atoms with Crippen LogP contribution in [0.3, 0.4) is 0 Å². The molecule has 38 heavy (non-hydrogen) atoms. The molecule has 8 nitrogen and oxygen atoms in total. The third kappa shape index (κ3) is 4.58. The molecule has 3 aliphatic heterocycles. The van der Waals surface area contributed by atoms with E-state index >= 15 is 0 Å². The summed E-state index contributed by atoms with van der Waals surface area (Å²) in [5, 5.41) is 9.38. The van der Waals surface area contributed by atoms with Gasteiger partial charge in [0.1, 0.15) is 17.6 Å². The molecule has 3 fully saturated rings. The van der Waals surface area contributed by atoms with Gasteiger partial charge >= 0.3 is 5.97 Å². The van der Waals surface area contributed by atoms with Crippen molar-refractivity contribution in [3.05, 3.63) is 54.6 Å². The van der Waals surface area contributed by atoms with Crippen LogP contribution in [-0.2, 0) is 23.9 Å². The monoisotopic (exact) mass is 524 g/mol. The molecular weight excluding hydrogens is 484 g/mol. The fraction of sp³-hybridized carbons (Fsp3) is 0.567. The smallest absolute Gasteiger partial charge is 0.312 e. The van der Waals surface area contributed by atoms with E-state index in [1.165, 1.54) is 0 Å². The van der Waals surface area contributed by atoms with Crippen molar-refractivity contribution in [1.29, 1.82) is 0 Å². The van der Waals surface area contributed by atoms with E-state index in [4.69, 9.17) is 9.47 Å². The lowest BCUT2D eigenvalue weighted by Gasteiger charge is -2.37. The number of benzene rings is 1. The lowest BCUT2D eigenvalue weighted by molar-refractivity contribution is -0.159. The second-order valence-corrected chi connectivity index (χ2v) is 11.0. The number of ether oxygens (including phenoxy) is 2. The summed E-state index contributed by atoms with van der Waals surface area (Å²) >= 11 is 0. The van der Waals surface area contributed by atoms with Gasteiger partial charge < -0.3 is 24.4 Å². The number of amides is 2. The summed E-state index contributed by atoms with van der Waals surface area (Å²) in [6, 6.07) is 5.04. The Bertz CT molecular complexity index is 1120. The maximum atomic E-state index is 14.5. The van der Waals surface area contributed by atoms with Crippen LogP contribution in [-0.4, -0.2) is 71.3 Å². The molecule has 0 radical (unpaired) electrons. The van der Waals surface area contributed by atoms with Crippen LogP contribution in [0.25, 0.3) is 0 Å². The molecule has 0 saturated carbocycles. The predicted octanol–water partition coefficient (Wildman–Crippen LogP) is 3.48. The van der Waals surface area contributed by atoms with E-state index in [1.54, 1.807) is 22.0 Å². The number of hydrogen-bond acceptors (Lipinski definition) is 6. The summed E-state index contributed by atoms with van der Waals surface area (Å²) < 4.78 is 12.2. The zero-order valence-corrected chi connectivity index (χ0v) is 22.8. The summed E-state index contributed by atoms with van der Waals surface area (Å²) in [5.74, 6) is -2.56. The average Bonchev–Trinajstić information content (AvgIpc) is 3.45. The van der Waals surface area contributed by atoms with E-state index in [9.17, 15) is 19.5 Å². The van der Waals surface area contributed by atoms with Gasteiger partial charge in [-0.1, -0.05) is 24.3 Å². The molecule has 1 aromatic rings. The second kappa shape index (κ2) is 11.0. The number of fused-ring (bicyclic) bond motifs is 1. The van der Waals surface area contributed by atoms with E-state index in [2.05, 4.69) is 13.2 Å². The minimum absolute atomic E-state index is 0.00683. The van der Waals surface area contributed by atoms with E-state index < -0.39 is 35.0 Å². The van der Waals surface area contributed by atoms with Crippen molar-refractivity contribution in [3.8, 4) is 0 Å². The van der Waals surface area contributed by atoms with Gasteiger partial charge in [-0.05, 0) is 70.1 Å². The Morgan fingerprint density at radius 2 is 2.00 bits per heavy atom. The van der Waals surface area contributed by atoms with E-state index in [-0.39, 0.29) is 31.6 Å². The molecule has 3 aliphatic rings. The number of likely N-dealkylation sites (tertiary alicyclic amines) is 1. The van der Waals surface area contributed by atoms with Crippen molar-refractivity contribution in [2.45, 2.75) is 70.1 Å². The largest absolute Gasteiger partial charge is 0.465 e. The minimum atomic E-state index is -1.12. The van der Waals surface area contributed by atoms with Crippen LogP contribution in [0.1, 0.15) is 50.2 Å². The van der Waals surface area contributed by atoms with Crippen LogP contribution in [0.4, 0.5) is 5.69 Å². The number of carbonyl (C=O) groups excluding carboxylic acids is 3. The summed E-state index contributed by atoms with van der Waals surface area (Å²) in [4.78, 5) is 45.2. The molecule has 4 rings (SSSR count). The third-order valence-electron chi connectivity index (χ3n) is 8.37. The van der Waals surface area contributed by atoms with Crippen molar-refractivity contribution in [1.82, 2.24) is 4.90 Å². The molecule has 2 amide bonds. The normalized spacial score (nSPS) is 29.3. The first-order chi connectivity index (χ1) is 18.1. The number of unbranched alkanes of at least 4 members (excludes halogenated alkanes) is 1. The number of aliphatic hydroxyl groups is 1. The molecule has 3 heterocycles. The molecule has 2 bridgehead atoms.